The molecule has 0 saturated heterocycles. The summed E-state index contributed by atoms with van der Waals surface area (Å²) in [7, 11) is 0. The molecule has 0 aliphatic heterocycles. The van der Waals surface area contributed by atoms with Crippen LogP contribution in [0.2, 0.25) is 0 Å². The van der Waals surface area contributed by atoms with Gasteiger partial charge in [0.15, 0.2) is 0 Å². The van der Waals surface area contributed by atoms with Gasteiger partial charge in [-0.1, -0.05) is 43.8 Å². The van der Waals surface area contributed by atoms with Crippen LogP contribution in [0.1, 0.15) is 25.8 Å². The van der Waals surface area contributed by atoms with Gasteiger partial charge < -0.3 is 20.6 Å². The molecule has 0 aliphatic rings. The molecule has 0 aliphatic carbocycles. The molecule has 0 bridgehead atoms. The zero-order chi connectivity index (χ0) is 17.9. The van der Waals surface area contributed by atoms with Gasteiger partial charge in [0.25, 0.3) is 0 Å². The molecule has 7 heteroatoms. The zero-order valence-corrected chi connectivity index (χ0v) is 13.9. The van der Waals surface area contributed by atoms with E-state index in [1.54, 1.807) is 24.3 Å². The van der Waals surface area contributed by atoms with E-state index < -0.39 is 18.0 Å². The highest BCUT2D eigenvalue weighted by atomic mass is 16.5. The molecule has 3 N–H and O–H groups in total. The number of amides is 2. The highest BCUT2D eigenvalue weighted by molar-refractivity contribution is 5.93. The van der Waals surface area contributed by atoms with Crippen molar-refractivity contribution in [1.29, 1.82) is 0 Å². The van der Waals surface area contributed by atoms with E-state index in [4.69, 9.17) is 9.94 Å². The predicted molar refractivity (Wildman–Crippen MR) is 92.4 cm³/mol. The van der Waals surface area contributed by atoms with E-state index in [1.165, 1.54) is 12.3 Å². The van der Waals surface area contributed by atoms with Crippen LogP contribution in [-0.2, 0) is 9.53 Å². The zero-order valence-electron chi connectivity index (χ0n) is 13.9. The Labute approximate surface area is 141 Å². The van der Waals surface area contributed by atoms with Gasteiger partial charge in [0.1, 0.15) is 12.6 Å². The van der Waals surface area contributed by atoms with Gasteiger partial charge in [0, 0.05) is 5.69 Å². The van der Waals surface area contributed by atoms with Crippen molar-refractivity contribution < 1.29 is 19.5 Å². The van der Waals surface area contributed by atoms with Crippen molar-refractivity contribution in [2.75, 3.05) is 11.9 Å². The molecular formula is C17H23N3O4. The number of ether oxygens (including phenoxy) is 1. The Morgan fingerprint density at radius 3 is 2.54 bits per heavy atom. The van der Waals surface area contributed by atoms with Gasteiger partial charge in [-0.2, -0.15) is 0 Å². The topological polar surface area (TPSA) is 100 Å². The van der Waals surface area contributed by atoms with Crippen LogP contribution < -0.4 is 10.6 Å². The van der Waals surface area contributed by atoms with E-state index in [9.17, 15) is 9.59 Å². The molecule has 0 radical (unpaired) electrons. The molecule has 0 spiro atoms. The van der Waals surface area contributed by atoms with E-state index in [0.717, 1.165) is 0 Å². The Kier molecular flexibility index (Phi) is 8.04. The molecule has 1 rings (SSSR count). The summed E-state index contributed by atoms with van der Waals surface area (Å²) >= 11 is 0. The first kappa shape index (κ1) is 19.2. The second-order valence-electron chi connectivity index (χ2n) is 5.57. The van der Waals surface area contributed by atoms with E-state index >= 15 is 0 Å². The highest BCUT2D eigenvalue weighted by Gasteiger charge is 2.23. The molecule has 1 unspecified atom stereocenters. The van der Waals surface area contributed by atoms with E-state index in [0.29, 0.717) is 17.7 Å². The van der Waals surface area contributed by atoms with Crippen LogP contribution in [0.15, 0.2) is 42.1 Å². The molecule has 0 saturated carbocycles. The summed E-state index contributed by atoms with van der Waals surface area (Å²) in [6.45, 7) is 7.50. The third-order valence-electron chi connectivity index (χ3n) is 3.02. The van der Waals surface area contributed by atoms with Crippen LogP contribution in [0.4, 0.5) is 10.5 Å². The Morgan fingerprint density at radius 2 is 2.00 bits per heavy atom. The van der Waals surface area contributed by atoms with E-state index in [-0.39, 0.29) is 12.5 Å². The molecule has 2 amide bonds. The number of esters is 1. The van der Waals surface area contributed by atoms with Gasteiger partial charge in [0.05, 0.1) is 6.21 Å². The number of urea groups is 1. The highest BCUT2D eigenvalue weighted by Crippen LogP contribution is 2.10. The summed E-state index contributed by atoms with van der Waals surface area (Å²) in [5.74, 6) is -0.281. The quantitative estimate of drug-likeness (QED) is 0.224. The lowest BCUT2D eigenvalue weighted by molar-refractivity contribution is -0.145. The summed E-state index contributed by atoms with van der Waals surface area (Å²) in [5.41, 5.74) is 1.24. The number of nitrogens with one attached hydrogen (secondary N) is 2. The largest absolute Gasteiger partial charge is 0.460 e. The molecule has 0 heterocycles. The minimum Gasteiger partial charge on any atom is -0.460 e. The molecule has 24 heavy (non-hydrogen) atoms. The lowest BCUT2D eigenvalue weighted by Crippen LogP contribution is -2.44. The molecule has 1 aromatic rings. The Balaban J connectivity index is 2.66. The smallest absolute Gasteiger partial charge is 0.329 e. The normalized spacial score (nSPS) is 12.0. The van der Waals surface area contributed by atoms with Crippen molar-refractivity contribution >= 4 is 23.9 Å². The lowest BCUT2D eigenvalue weighted by Gasteiger charge is -2.19. The fourth-order valence-electron chi connectivity index (χ4n) is 1.97. The minimum atomic E-state index is -0.731. The first-order valence-electron chi connectivity index (χ1n) is 7.58. The van der Waals surface area contributed by atoms with Gasteiger partial charge in [-0.15, -0.1) is 0 Å². The fraction of sp³-hybridized carbons (Fsp3) is 0.353. The molecule has 1 aromatic carbocycles. The molecule has 0 aromatic heterocycles. The molecular weight excluding hydrogens is 310 g/mol. The monoisotopic (exact) mass is 333 g/mol. The predicted octanol–water partition coefficient (Wildman–Crippen LogP) is 2.76. The third kappa shape index (κ3) is 6.95. The average Bonchev–Trinajstić information content (AvgIpc) is 2.53. The molecule has 130 valence electrons. The van der Waals surface area contributed by atoms with Crippen molar-refractivity contribution in [2.45, 2.75) is 26.3 Å². The first-order chi connectivity index (χ1) is 11.5. The van der Waals surface area contributed by atoms with Crippen molar-refractivity contribution in [3.8, 4) is 0 Å². The van der Waals surface area contributed by atoms with Crippen molar-refractivity contribution in [3.05, 3.63) is 42.5 Å². The number of carbonyl (C=O) groups is 2. The number of hydrogen-bond donors (Lipinski definition) is 3. The summed E-state index contributed by atoms with van der Waals surface area (Å²) in [5, 5.41) is 16.6. The van der Waals surface area contributed by atoms with E-state index in [1.807, 2.05) is 13.8 Å². The number of anilines is 1. The number of benzene rings is 1. The first-order valence-corrected chi connectivity index (χ1v) is 7.58. The van der Waals surface area contributed by atoms with Gasteiger partial charge >= 0.3 is 12.0 Å². The summed E-state index contributed by atoms with van der Waals surface area (Å²) < 4.78 is 5.01. The Morgan fingerprint density at radius 1 is 1.33 bits per heavy atom. The van der Waals surface area contributed by atoms with Crippen molar-refractivity contribution in [1.82, 2.24) is 5.32 Å². The second kappa shape index (κ2) is 10.0. The number of hydrogen-bond acceptors (Lipinski definition) is 5. The van der Waals surface area contributed by atoms with Crippen LogP contribution in [0.25, 0.3) is 0 Å². The number of nitrogens with zero attached hydrogens (tertiary/aromatic N) is 1. The molecule has 0 fully saturated rings. The van der Waals surface area contributed by atoms with Gasteiger partial charge in [-0.05, 0) is 30.0 Å². The van der Waals surface area contributed by atoms with Gasteiger partial charge in [-0.25, -0.2) is 9.59 Å². The van der Waals surface area contributed by atoms with Gasteiger partial charge in [0.2, 0.25) is 0 Å². The maximum absolute atomic E-state index is 12.1. The fourth-order valence-corrected chi connectivity index (χ4v) is 1.97. The summed E-state index contributed by atoms with van der Waals surface area (Å²) in [6, 6.07) is 5.44. The third-order valence-corrected chi connectivity index (χ3v) is 3.02. The molecule has 1 atom stereocenters. The maximum atomic E-state index is 12.1. The Bertz CT molecular complexity index is 582. The maximum Gasteiger partial charge on any atom is 0.329 e. The summed E-state index contributed by atoms with van der Waals surface area (Å²) in [6.07, 6.45) is 3.22. The van der Waals surface area contributed by atoms with Crippen LogP contribution in [0, 0.1) is 5.92 Å². The summed E-state index contributed by atoms with van der Waals surface area (Å²) in [4.78, 5) is 24.1. The number of carbonyl (C=O) groups excluding carboxylic acids is 2. The van der Waals surface area contributed by atoms with Crippen LogP contribution >= 0.6 is 0 Å². The Hall–Kier alpha value is -2.83. The minimum absolute atomic E-state index is 0.102. The van der Waals surface area contributed by atoms with E-state index in [2.05, 4.69) is 22.4 Å². The average molecular weight is 333 g/mol. The number of oxime groups is 1. The standard InChI is InChI=1S/C17H23N3O4/c1-4-9-24-16(21)15(10-12(2)3)20-17(22)19-14-7-5-13(6-8-14)11-18-23/h4-8,11-12,15,23H,1,9-10H2,2-3H3,(H2,19,20,22). The van der Waals surface area contributed by atoms with Crippen LogP contribution in [0.5, 0.6) is 0 Å². The lowest BCUT2D eigenvalue weighted by atomic mass is 10.0. The second-order valence-corrected chi connectivity index (χ2v) is 5.57. The SMILES string of the molecule is C=CCOC(=O)C(CC(C)C)NC(=O)Nc1ccc(C=NO)cc1. The van der Waals surface area contributed by atoms with Crippen molar-refractivity contribution in [3.63, 3.8) is 0 Å². The van der Waals surface area contributed by atoms with Crippen LogP contribution in [0.3, 0.4) is 0 Å². The number of rotatable bonds is 8. The van der Waals surface area contributed by atoms with Crippen molar-refractivity contribution in [2.24, 2.45) is 11.1 Å². The van der Waals surface area contributed by atoms with Gasteiger partial charge in [-0.3, -0.25) is 0 Å². The van der Waals surface area contributed by atoms with Crippen LogP contribution in [-0.4, -0.2) is 36.1 Å². The molecule has 7 nitrogen and oxygen atoms in total.